The molecule has 0 aliphatic carbocycles. The molecule has 1 unspecified atom stereocenters. The van der Waals surface area contributed by atoms with Gasteiger partial charge in [-0.3, -0.25) is 0 Å². The van der Waals surface area contributed by atoms with Crippen molar-refractivity contribution in [3.8, 4) is 0 Å². The van der Waals surface area contributed by atoms with Crippen molar-refractivity contribution >= 4 is 11.6 Å². The van der Waals surface area contributed by atoms with Crippen molar-refractivity contribution < 1.29 is 9.84 Å². The molecule has 0 aromatic carbocycles. The number of aryl methyl sites for hydroxylation is 1. The maximum absolute atomic E-state index is 9.07. The molecule has 5 nitrogen and oxygen atoms in total. The number of aromatic nitrogens is 1. The number of aliphatic hydroxyl groups excluding tert-OH is 1. The smallest absolute Gasteiger partial charge is 0.131 e. The summed E-state index contributed by atoms with van der Waals surface area (Å²) in [5.41, 5.74) is 1.17. The van der Waals surface area contributed by atoms with Gasteiger partial charge in [-0.25, -0.2) is 4.98 Å². The van der Waals surface area contributed by atoms with Crippen molar-refractivity contribution in [1.29, 1.82) is 0 Å². The monoisotopic (exact) mass is 281 g/mol. The minimum Gasteiger partial charge on any atom is -0.394 e. The van der Waals surface area contributed by atoms with E-state index in [4.69, 9.17) is 9.84 Å². The van der Waals surface area contributed by atoms with Gasteiger partial charge >= 0.3 is 0 Å². The van der Waals surface area contributed by atoms with Gasteiger partial charge in [0.05, 0.1) is 19.8 Å². The number of hydrogen-bond acceptors (Lipinski definition) is 5. The summed E-state index contributed by atoms with van der Waals surface area (Å²) < 4.78 is 5.35. The van der Waals surface area contributed by atoms with Crippen LogP contribution in [0.3, 0.4) is 0 Å². The predicted octanol–water partition coefficient (Wildman–Crippen LogP) is 2.05. The number of nitrogens with zero attached hydrogens (tertiary/aromatic N) is 2. The van der Waals surface area contributed by atoms with Crippen molar-refractivity contribution in [2.45, 2.75) is 33.7 Å². The maximum Gasteiger partial charge on any atom is 0.131 e. The van der Waals surface area contributed by atoms with Gasteiger partial charge < -0.3 is 20.1 Å². The highest BCUT2D eigenvalue weighted by Gasteiger charge is 2.13. The van der Waals surface area contributed by atoms with Crippen molar-refractivity contribution in [2.24, 2.45) is 0 Å². The number of hydrogen-bond donors (Lipinski definition) is 2. The molecule has 0 saturated carbocycles. The lowest BCUT2D eigenvalue weighted by atomic mass is 10.2. The Morgan fingerprint density at radius 3 is 2.60 bits per heavy atom. The van der Waals surface area contributed by atoms with E-state index in [1.807, 2.05) is 26.8 Å². The van der Waals surface area contributed by atoms with E-state index in [9.17, 15) is 0 Å². The molecule has 2 rings (SSSR count). The fraction of sp³-hybridized carbons (Fsp3) is 0.667. The Balaban J connectivity index is 0.000000956. The van der Waals surface area contributed by atoms with Crippen LogP contribution in [0.1, 0.15) is 26.3 Å². The average Bonchev–Trinajstić information content (AvgIpc) is 2.49. The Bertz CT molecular complexity index is 393. The Labute approximate surface area is 122 Å². The van der Waals surface area contributed by atoms with E-state index >= 15 is 0 Å². The normalized spacial score (nSPS) is 16.1. The first-order valence-electron chi connectivity index (χ1n) is 7.38. The molecule has 0 bridgehead atoms. The molecule has 0 spiro atoms. The largest absolute Gasteiger partial charge is 0.394 e. The van der Waals surface area contributed by atoms with Gasteiger partial charge in [-0.15, -0.1) is 0 Å². The van der Waals surface area contributed by atoms with Gasteiger partial charge in [0.1, 0.15) is 11.6 Å². The predicted molar refractivity (Wildman–Crippen MR) is 83.5 cm³/mol. The van der Waals surface area contributed by atoms with Crippen LogP contribution in [0.15, 0.2) is 12.1 Å². The van der Waals surface area contributed by atoms with Crippen molar-refractivity contribution in [3.05, 3.63) is 17.7 Å². The van der Waals surface area contributed by atoms with E-state index in [0.29, 0.717) is 0 Å². The van der Waals surface area contributed by atoms with Gasteiger partial charge in [-0.05, 0) is 31.5 Å². The molecule has 0 radical (unpaired) electrons. The van der Waals surface area contributed by atoms with Crippen LogP contribution >= 0.6 is 0 Å². The van der Waals surface area contributed by atoms with Gasteiger partial charge in [-0.2, -0.15) is 0 Å². The van der Waals surface area contributed by atoms with Crippen LogP contribution in [-0.4, -0.2) is 49.0 Å². The molecule has 1 fully saturated rings. The summed E-state index contributed by atoms with van der Waals surface area (Å²) in [4.78, 5) is 6.82. The van der Waals surface area contributed by atoms with Crippen molar-refractivity contribution in [2.75, 3.05) is 43.1 Å². The number of rotatable bonds is 4. The van der Waals surface area contributed by atoms with Gasteiger partial charge in [0.25, 0.3) is 0 Å². The molecular formula is C15H27N3O2. The van der Waals surface area contributed by atoms with Crippen LogP contribution in [0.4, 0.5) is 11.6 Å². The number of morpholine rings is 1. The third-order valence-electron chi connectivity index (χ3n) is 2.96. The Morgan fingerprint density at radius 2 is 2.00 bits per heavy atom. The molecule has 0 amide bonds. The van der Waals surface area contributed by atoms with Gasteiger partial charge in [0.2, 0.25) is 0 Å². The first kappa shape index (κ1) is 16.7. The summed E-state index contributed by atoms with van der Waals surface area (Å²) in [5, 5.41) is 12.3. The maximum atomic E-state index is 9.07. The summed E-state index contributed by atoms with van der Waals surface area (Å²) in [5.74, 6) is 1.80. The summed E-state index contributed by atoms with van der Waals surface area (Å²) in [7, 11) is 0. The number of anilines is 2. The van der Waals surface area contributed by atoms with E-state index in [0.717, 1.165) is 37.9 Å². The van der Waals surface area contributed by atoms with Crippen LogP contribution in [0.25, 0.3) is 0 Å². The highest BCUT2D eigenvalue weighted by molar-refractivity contribution is 5.50. The Hall–Kier alpha value is -1.33. The number of pyridine rings is 1. The molecular weight excluding hydrogens is 254 g/mol. The van der Waals surface area contributed by atoms with Crippen molar-refractivity contribution in [3.63, 3.8) is 0 Å². The minimum absolute atomic E-state index is 0.0110. The molecule has 1 saturated heterocycles. The summed E-state index contributed by atoms with van der Waals surface area (Å²) in [6, 6.07) is 4.09. The molecule has 2 heterocycles. The standard InChI is InChI=1S/C13H21N3O2.C2H6/c1-10-7-12(14-11(2)9-17)15-13(8-10)16-3-5-18-6-4-16;1-2/h7-8,11,17H,3-6,9H2,1-2H3,(H,14,15);1-2H3. The van der Waals surface area contributed by atoms with Crippen LogP contribution < -0.4 is 10.2 Å². The van der Waals surface area contributed by atoms with Crippen LogP contribution in [0.2, 0.25) is 0 Å². The zero-order valence-corrected chi connectivity index (χ0v) is 13.0. The molecule has 114 valence electrons. The number of nitrogens with one attached hydrogen (secondary N) is 1. The quantitative estimate of drug-likeness (QED) is 0.884. The molecule has 1 aromatic heterocycles. The summed E-state index contributed by atoms with van der Waals surface area (Å²) >= 11 is 0. The molecule has 1 aliphatic heterocycles. The molecule has 20 heavy (non-hydrogen) atoms. The van der Waals surface area contributed by atoms with Crippen LogP contribution in [0.5, 0.6) is 0 Å². The zero-order valence-electron chi connectivity index (χ0n) is 13.0. The second-order valence-electron chi connectivity index (χ2n) is 4.72. The van der Waals surface area contributed by atoms with Gasteiger partial charge in [-0.1, -0.05) is 13.8 Å². The van der Waals surface area contributed by atoms with Crippen LogP contribution in [0, 0.1) is 6.92 Å². The topological polar surface area (TPSA) is 57.6 Å². The van der Waals surface area contributed by atoms with Crippen LogP contribution in [-0.2, 0) is 4.74 Å². The second-order valence-corrected chi connectivity index (χ2v) is 4.72. The first-order chi connectivity index (χ1) is 9.69. The van der Waals surface area contributed by atoms with E-state index in [1.165, 1.54) is 5.56 Å². The lowest BCUT2D eigenvalue weighted by molar-refractivity contribution is 0.122. The van der Waals surface area contributed by atoms with E-state index in [-0.39, 0.29) is 12.6 Å². The number of aliphatic hydroxyl groups is 1. The highest BCUT2D eigenvalue weighted by Crippen LogP contribution is 2.19. The van der Waals surface area contributed by atoms with Gasteiger partial charge in [0, 0.05) is 19.1 Å². The van der Waals surface area contributed by atoms with Gasteiger partial charge in [0.15, 0.2) is 0 Å². The fourth-order valence-electron chi connectivity index (χ4n) is 1.98. The number of ether oxygens (including phenoxy) is 1. The lowest BCUT2D eigenvalue weighted by Gasteiger charge is -2.28. The SMILES string of the molecule is CC.Cc1cc(NC(C)CO)nc(N2CCOCC2)c1. The van der Waals surface area contributed by atoms with Crippen molar-refractivity contribution in [1.82, 2.24) is 4.98 Å². The molecule has 1 atom stereocenters. The second kappa shape index (κ2) is 8.76. The average molecular weight is 281 g/mol. The molecule has 1 aliphatic rings. The highest BCUT2D eigenvalue weighted by atomic mass is 16.5. The summed E-state index contributed by atoms with van der Waals surface area (Å²) in [6.07, 6.45) is 0. The Morgan fingerprint density at radius 1 is 1.35 bits per heavy atom. The fourth-order valence-corrected chi connectivity index (χ4v) is 1.98. The third-order valence-corrected chi connectivity index (χ3v) is 2.96. The molecule has 2 N–H and O–H groups in total. The van der Waals surface area contributed by atoms with E-state index in [2.05, 4.69) is 28.2 Å². The minimum atomic E-state index is 0.0110. The zero-order chi connectivity index (χ0) is 15.0. The Kier molecular flexibility index (Phi) is 7.33. The van der Waals surface area contributed by atoms with E-state index < -0.39 is 0 Å². The lowest BCUT2D eigenvalue weighted by Crippen LogP contribution is -2.37. The third kappa shape index (κ3) is 4.98. The van der Waals surface area contributed by atoms with E-state index in [1.54, 1.807) is 0 Å². The summed E-state index contributed by atoms with van der Waals surface area (Å²) in [6.45, 7) is 11.4. The first-order valence-corrected chi connectivity index (χ1v) is 7.38. The molecule has 1 aromatic rings. The molecule has 5 heteroatoms.